The third kappa shape index (κ3) is 2.25. The number of rotatable bonds is 1. The summed E-state index contributed by atoms with van der Waals surface area (Å²) in [5.74, 6) is 0. The SMILES string of the molecule is CNC(=O)Nc1cc[c]nc1. The fraction of sp³-hybridized carbons (Fsp3) is 0.143. The second kappa shape index (κ2) is 3.55. The van der Waals surface area contributed by atoms with Crippen LogP contribution in [0, 0.1) is 6.20 Å². The first-order chi connectivity index (χ1) is 5.33. The molecule has 0 spiro atoms. The van der Waals surface area contributed by atoms with Crippen molar-refractivity contribution in [3.8, 4) is 0 Å². The average Bonchev–Trinajstić information content (AvgIpc) is 2.06. The molecule has 0 aliphatic carbocycles. The van der Waals surface area contributed by atoms with Crippen LogP contribution < -0.4 is 10.6 Å². The highest BCUT2D eigenvalue weighted by molar-refractivity contribution is 5.88. The van der Waals surface area contributed by atoms with Crippen LogP contribution in [0.4, 0.5) is 10.5 Å². The summed E-state index contributed by atoms with van der Waals surface area (Å²) >= 11 is 0. The zero-order valence-corrected chi connectivity index (χ0v) is 6.09. The molecule has 1 aromatic heterocycles. The number of urea groups is 1. The molecule has 0 saturated heterocycles. The second-order valence-electron chi connectivity index (χ2n) is 1.88. The van der Waals surface area contributed by atoms with Crippen molar-refractivity contribution in [1.82, 2.24) is 10.3 Å². The predicted octanol–water partition coefficient (Wildman–Crippen LogP) is 0.633. The molecule has 0 aliphatic heterocycles. The largest absolute Gasteiger partial charge is 0.341 e. The Bertz CT molecular complexity index is 235. The monoisotopic (exact) mass is 150 g/mol. The van der Waals surface area contributed by atoms with Crippen LogP contribution in [0.15, 0.2) is 18.3 Å². The molecule has 1 radical (unpaired) electrons. The smallest absolute Gasteiger partial charge is 0.319 e. The van der Waals surface area contributed by atoms with Crippen molar-refractivity contribution in [1.29, 1.82) is 0 Å². The number of carbonyl (C=O) groups excluding carboxylic acids is 1. The van der Waals surface area contributed by atoms with Gasteiger partial charge >= 0.3 is 6.03 Å². The van der Waals surface area contributed by atoms with Crippen molar-refractivity contribution >= 4 is 11.7 Å². The van der Waals surface area contributed by atoms with Crippen molar-refractivity contribution in [2.45, 2.75) is 0 Å². The lowest BCUT2D eigenvalue weighted by atomic mass is 10.4. The molecule has 11 heavy (non-hydrogen) atoms. The van der Waals surface area contributed by atoms with Crippen molar-refractivity contribution in [2.75, 3.05) is 12.4 Å². The fourth-order valence-electron chi connectivity index (χ4n) is 0.587. The van der Waals surface area contributed by atoms with Gasteiger partial charge in [-0.1, -0.05) is 0 Å². The van der Waals surface area contributed by atoms with E-state index in [9.17, 15) is 4.79 Å². The minimum Gasteiger partial charge on any atom is -0.341 e. The quantitative estimate of drug-likeness (QED) is 0.617. The summed E-state index contributed by atoms with van der Waals surface area (Å²) in [5.41, 5.74) is 0.656. The minimum absolute atomic E-state index is 0.252. The Morgan fingerprint density at radius 3 is 3.09 bits per heavy atom. The molecule has 0 bridgehead atoms. The van der Waals surface area contributed by atoms with Gasteiger partial charge in [-0.2, -0.15) is 0 Å². The van der Waals surface area contributed by atoms with Crippen LogP contribution in [0.25, 0.3) is 0 Å². The Morgan fingerprint density at radius 2 is 2.55 bits per heavy atom. The normalized spacial score (nSPS) is 8.82. The van der Waals surface area contributed by atoms with E-state index in [-0.39, 0.29) is 6.03 Å². The highest BCUT2D eigenvalue weighted by atomic mass is 16.2. The summed E-state index contributed by atoms with van der Waals surface area (Å²) in [6.07, 6.45) is 4.13. The van der Waals surface area contributed by atoms with E-state index >= 15 is 0 Å². The van der Waals surface area contributed by atoms with Crippen LogP contribution in [-0.4, -0.2) is 18.1 Å². The van der Waals surface area contributed by atoms with Gasteiger partial charge in [-0.05, 0) is 12.1 Å². The van der Waals surface area contributed by atoms with E-state index in [1.54, 1.807) is 19.2 Å². The van der Waals surface area contributed by atoms with Crippen LogP contribution >= 0.6 is 0 Å². The Kier molecular flexibility index (Phi) is 2.43. The predicted molar refractivity (Wildman–Crippen MR) is 41.2 cm³/mol. The summed E-state index contributed by atoms with van der Waals surface area (Å²) in [7, 11) is 1.55. The number of amides is 2. The van der Waals surface area contributed by atoms with E-state index in [0.717, 1.165) is 0 Å². The Labute approximate surface area is 64.6 Å². The first-order valence-electron chi connectivity index (χ1n) is 3.14. The standard InChI is InChI=1S/C7H8N3O/c1-8-7(11)10-6-3-2-4-9-5-6/h2-3,5H,1H3,(H2,8,10,11). The van der Waals surface area contributed by atoms with Gasteiger partial charge in [-0.25, -0.2) is 4.79 Å². The van der Waals surface area contributed by atoms with Crippen LogP contribution in [0.5, 0.6) is 0 Å². The van der Waals surface area contributed by atoms with E-state index < -0.39 is 0 Å². The summed E-state index contributed by atoms with van der Waals surface area (Å²) in [5, 5.41) is 4.98. The topological polar surface area (TPSA) is 54.0 Å². The fourth-order valence-corrected chi connectivity index (χ4v) is 0.587. The molecule has 2 N–H and O–H groups in total. The molecule has 0 unspecified atom stereocenters. The van der Waals surface area contributed by atoms with Crippen molar-refractivity contribution in [2.24, 2.45) is 0 Å². The van der Waals surface area contributed by atoms with Gasteiger partial charge in [0.25, 0.3) is 0 Å². The molecule has 0 fully saturated rings. The molecular weight excluding hydrogens is 142 g/mol. The molecule has 2 amide bonds. The molecule has 0 aromatic carbocycles. The summed E-state index contributed by atoms with van der Waals surface area (Å²) in [6.45, 7) is 0. The molecule has 1 aromatic rings. The van der Waals surface area contributed by atoms with E-state index in [1.165, 1.54) is 6.20 Å². The van der Waals surface area contributed by atoms with Gasteiger partial charge in [0.15, 0.2) is 0 Å². The van der Waals surface area contributed by atoms with Gasteiger partial charge < -0.3 is 10.6 Å². The summed E-state index contributed by atoms with van der Waals surface area (Å²) in [4.78, 5) is 14.4. The van der Waals surface area contributed by atoms with Crippen LogP contribution in [0.3, 0.4) is 0 Å². The van der Waals surface area contributed by atoms with Gasteiger partial charge in [0.05, 0.1) is 18.1 Å². The van der Waals surface area contributed by atoms with Gasteiger partial charge in [0.1, 0.15) is 0 Å². The lowest BCUT2D eigenvalue weighted by molar-refractivity contribution is 0.254. The maximum Gasteiger partial charge on any atom is 0.319 e. The lowest BCUT2D eigenvalue weighted by Crippen LogP contribution is -2.24. The molecule has 1 heterocycles. The second-order valence-corrected chi connectivity index (χ2v) is 1.88. The van der Waals surface area contributed by atoms with Gasteiger partial charge in [0, 0.05) is 7.05 Å². The van der Waals surface area contributed by atoms with E-state index in [0.29, 0.717) is 5.69 Å². The number of nitrogens with zero attached hydrogens (tertiary/aromatic N) is 1. The molecule has 1 rings (SSSR count). The van der Waals surface area contributed by atoms with E-state index in [1.807, 2.05) is 0 Å². The van der Waals surface area contributed by atoms with Gasteiger partial charge in [-0.3, -0.25) is 4.98 Å². The van der Waals surface area contributed by atoms with Crippen molar-refractivity contribution < 1.29 is 4.79 Å². The number of hydrogen-bond donors (Lipinski definition) is 2. The van der Waals surface area contributed by atoms with Crippen LogP contribution in [-0.2, 0) is 0 Å². The minimum atomic E-state index is -0.252. The molecule has 0 atom stereocenters. The molecule has 0 aliphatic rings. The van der Waals surface area contributed by atoms with Gasteiger partial charge in [0.2, 0.25) is 0 Å². The first-order valence-corrected chi connectivity index (χ1v) is 3.14. The highest BCUT2D eigenvalue weighted by Gasteiger charge is 1.95. The summed E-state index contributed by atoms with van der Waals surface area (Å²) in [6, 6.07) is 3.09. The van der Waals surface area contributed by atoms with Crippen LogP contribution in [0.2, 0.25) is 0 Å². The first kappa shape index (κ1) is 7.53. The Hall–Kier alpha value is -1.58. The Morgan fingerprint density at radius 1 is 1.73 bits per heavy atom. The summed E-state index contributed by atoms with van der Waals surface area (Å²) < 4.78 is 0. The number of nitrogens with one attached hydrogen (secondary N) is 2. The molecule has 4 nitrogen and oxygen atoms in total. The molecular formula is C7H8N3O. The van der Waals surface area contributed by atoms with E-state index in [2.05, 4.69) is 21.8 Å². The highest BCUT2D eigenvalue weighted by Crippen LogP contribution is 2.00. The number of hydrogen-bond acceptors (Lipinski definition) is 2. The number of aromatic nitrogens is 1. The molecule has 57 valence electrons. The third-order valence-electron chi connectivity index (χ3n) is 1.10. The van der Waals surface area contributed by atoms with E-state index in [4.69, 9.17) is 0 Å². The van der Waals surface area contributed by atoms with Crippen molar-refractivity contribution in [3.63, 3.8) is 0 Å². The zero-order chi connectivity index (χ0) is 8.10. The number of pyridine rings is 1. The maximum atomic E-state index is 10.7. The molecule has 4 heteroatoms. The zero-order valence-electron chi connectivity index (χ0n) is 6.09. The third-order valence-corrected chi connectivity index (χ3v) is 1.10. The van der Waals surface area contributed by atoms with Crippen LogP contribution in [0.1, 0.15) is 0 Å². The number of anilines is 1. The van der Waals surface area contributed by atoms with Gasteiger partial charge in [-0.15, -0.1) is 0 Å². The van der Waals surface area contributed by atoms with Crippen molar-refractivity contribution in [3.05, 3.63) is 24.5 Å². The maximum absolute atomic E-state index is 10.7. The average molecular weight is 150 g/mol. The number of carbonyl (C=O) groups is 1. The lowest BCUT2D eigenvalue weighted by Gasteiger charge is -2.01. The Balaban J connectivity index is 2.58. The molecule has 0 saturated carbocycles.